The number of H-pyrrole nitrogens is 1. The summed E-state index contributed by atoms with van der Waals surface area (Å²) in [7, 11) is -0.688. The fourth-order valence-electron chi connectivity index (χ4n) is 1.62. The SMILES string of the molecule is COc1ccc(S(=O)(=O)NCc2cnc[nH]2)cc1OC. The molecule has 0 radical (unpaired) electrons. The van der Waals surface area contributed by atoms with Crippen molar-refractivity contribution in [3.05, 3.63) is 36.4 Å². The van der Waals surface area contributed by atoms with Crippen molar-refractivity contribution in [2.75, 3.05) is 14.2 Å². The highest BCUT2D eigenvalue weighted by Crippen LogP contribution is 2.29. The second-order valence-corrected chi connectivity index (χ2v) is 5.69. The van der Waals surface area contributed by atoms with Crippen LogP contribution in [0.2, 0.25) is 0 Å². The molecule has 0 fully saturated rings. The van der Waals surface area contributed by atoms with Gasteiger partial charge in [-0.25, -0.2) is 18.1 Å². The minimum Gasteiger partial charge on any atom is -0.493 e. The molecule has 0 unspecified atom stereocenters. The van der Waals surface area contributed by atoms with E-state index in [4.69, 9.17) is 9.47 Å². The fourth-order valence-corrected chi connectivity index (χ4v) is 2.64. The molecule has 2 aromatic rings. The maximum atomic E-state index is 12.2. The smallest absolute Gasteiger partial charge is 0.241 e. The van der Waals surface area contributed by atoms with E-state index in [2.05, 4.69) is 14.7 Å². The van der Waals surface area contributed by atoms with Crippen LogP contribution in [0.1, 0.15) is 5.69 Å². The standard InChI is InChI=1S/C12H15N3O4S/c1-18-11-4-3-10(5-12(11)19-2)20(16,17)15-7-9-6-13-8-14-9/h3-6,8,15H,7H2,1-2H3,(H,13,14). The number of methoxy groups -OCH3 is 2. The summed E-state index contributed by atoms with van der Waals surface area (Å²) >= 11 is 0. The lowest BCUT2D eigenvalue weighted by atomic mass is 10.3. The fraction of sp³-hybridized carbons (Fsp3) is 0.250. The molecule has 7 nitrogen and oxygen atoms in total. The van der Waals surface area contributed by atoms with Crippen molar-refractivity contribution in [2.45, 2.75) is 11.4 Å². The number of nitrogens with zero attached hydrogens (tertiary/aromatic N) is 1. The molecule has 0 saturated heterocycles. The van der Waals surface area contributed by atoms with Crippen LogP contribution >= 0.6 is 0 Å². The highest BCUT2D eigenvalue weighted by molar-refractivity contribution is 7.89. The van der Waals surface area contributed by atoms with Crippen molar-refractivity contribution in [1.82, 2.24) is 14.7 Å². The third kappa shape index (κ3) is 3.09. The topological polar surface area (TPSA) is 93.3 Å². The summed E-state index contributed by atoms with van der Waals surface area (Å²) in [5, 5.41) is 0. The van der Waals surface area contributed by atoms with Crippen LogP contribution in [0.15, 0.2) is 35.6 Å². The molecule has 108 valence electrons. The molecule has 20 heavy (non-hydrogen) atoms. The molecule has 0 aliphatic rings. The Morgan fingerprint density at radius 1 is 1.25 bits per heavy atom. The minimum absolute atomic E-state index is 0.106. The van der Waals surface area contributed by atoms with Crippen molar-refractivity contribution in [3.8, 4) is 11.5 Å². The average Bonchev–Trinajstić information content (AvgIpc) is 2.97. The minimum atomic E-state index is -3.63. The van der Waals surface area contributed by atoms with Crippen LogP contribution in [-0.4, -0.2) is 32.6 Å². The van der Waals surface area contributed by atoms with E-state index in [1.54, 1.807) is 12.3 Å². The molecule has 8 heteroatoms. The molecule has 2 rings (SSSR count). The number of hydrogen-bond donors (Lipinski definition) is 2. The molecular weight excluding hydrogens is 282 g/mol. The summed E-state index contributed by atoms with van der Waals surface area (Å²) < 4.78 is 36.9. The van der Waals surface area contributed by atoms with Gasteiger partial charge in [0.15, 0.2) is 11.5 Å². The van der Waals surface area contributed by atoms with Gasteiger partial charge in [-0.15, -0.1) is 0 Å². The van der Waals surface area contributed by atoms with E-state index in [0.717, 1.165) is 0 Å². The first-order valence-corrected chi connectivity index (χ1v) is 7.24. The normalized spacial score (nSPS) is 11.3. The molecule has 1 aromatic heterocycles. The van der Waals surface area contributed by atoms with Gasteiger partial charge in [-0.3, -0.25) is 0 Å². The Morgan fingerprint density at radius 3 is 2.60 bits per heavy atom. The van der Waals surface area contributed by atoms with Crippen LogP contribution in [0.25, 0.3) is 0 Å². The van der Waals surface area contributed by atoms with Crippen molar-refractivity contribution in [1.29, 1.82) is 0 Å². The second-order valence-electron chi connectivity index (χ2n) is 3.92. The summed E-state index contributed by atoms with van der Waals surface area (Å²) in [6.07, 6.45) is 3.04. The number of sulfonamides is 1. The highest BCUT2D eigenvalue weighted by atomic mass is 32.2. The van der Waals surface area contributed by atoms with Crippen molar-refractivity contribution >= 4 is 10.0 Å². The highest BCUT2D eigenvalue weighted by Gasteiger charge is 2.16. The molecule has 0 amide bonds. The maximum Gasteiger partial charge on any atom is 0.241 e. The predicted octanol–water partition coefficient (Wildman–Crippen LogP) is 0.905. The third-order valence-electron chi connectivity index (χ3n) is 2.67. The lowest BCUT2D eigenvalue weighted by Crippen LogP contribution is -2.23. The lowest BCUT2D eigenvalue weighted by Gasteiger charge is -2.10. The van der Waals surface area contributed by atoms with Crippen molar-refractivity contribution < 1.29 is 17.9 Å². The van der Waals surface area contributed by atoms with Crippen LogP contribution < -0.4 is 14.2 Å². The van der Waals surface area contributed by atoms with E-state index in [-0.39, 0.29) is 11.4 Å². The average molecular weight is 297 g/mol. The molecule has 1 aromatic carbocycles. The second kappa shape index (κ2) is 5.93. The summed E-state index contributed by atoms with van der Waals surface area (Å²) in [6, 6.07) is 4.41. The largest absolute Gasteiger partial charge is 0.493 e. The van der Waals surface area contributed by atoms with E-state index >= 15 is 0 Å². The number of nitrogens with one attached hydrogen (secondary N) is 2. The van der Waals surface area contributed by atoms with Crippen LogP contribution in [0, 0.1) is 0 Å². The Morgan fingerprint density at radius 2 is 2.00 bits per heavy atom. The monoisotopic (exact) mass is 297 g/mol. The van der Waals surface area contributed by atoms with Crippen LogP contribution in [0.5, 0.6) is 11.5 Å². The first-order chi connectivity index (χ1) is 9.56. The van der Waals surface area contributed by atoms with E-state index in [1.807, 2.05) is 0 Å². The molecule has 0 bridgehead atoms. The van der Waals surface area contributed by atoms with Crippen molar-refractivity contribution in [3.63, 3.8) is 0 Å². The van der Waals surface area contributed by atoms with Gasteiger partial charge in [0.2, 0.25) is 10.0 Å². The summed E-state index contributed by atoms with van der Waals surface area (Å²) in [5.74, 6) is 0.830. The van der Waals surface area contributed by atoms with E-state index in [1.165, 1.54) is 32.7 Å². The van der Waals surface area contributed by atoms with Gasteiger partial charge in [0.1, 0.15) is 0 Å². The number of aromatic nitrogens is 2. The number of aromatic amines is 1. The van der Waals surface area contributed by atoms with Gasteiger partial charge in [-0.1, -0.05) is 0 Å². The zero-order valence-electron chi connectivity index (χ0n) is 11.1. The molecule has 0 atom stereocenters. The third-order valence-corrected chi connectivity index (χ3v) is 4.07. The van der Waals surface area contributed by atoms with E-state index < -0.39 is 10.0 Å². The van der Waals surface area contributed by atoms with E-state index in [9.17, 15) is 8.42 Å². The zero-order valence-corrected chi connectivity index (χ0v) is 11.9. The number of rotatable bonds is 6. The van der Waals surface area contributed by atoms with Gasteiger partial charge in [0.05, 0.1) is 32.0 Å². The quantitative estimate of drug-likeness (QED) is 0.826. The maximum absolute atomic E-state index is 12.2. The molecule has 0 spiro atoms. The summed E-state index contributed by atoms with van der Waals surface area (Å²) in [4.78, 5) is 6.74. The Labute approximate surface area is 117 Å². The van der Waals surface area contributed by atoms with Crippen LogP contribution in [0.4, 0.5) is 0 Å². The first kappa shape index (κ1) is 14.4. The van der Waals surface area contributed by atoms with Crippen molar-refractivity contribution in [2.24, 2.45) is 0 Å². The zero-order chi connectivity index (χ0) is 14.6. The van der Waals surface area contributed by atoms with Gasteiger partial charge >= 0.3 is 0 Å². The summed E-state index contributed by atoms with van der Waals surface area (Å²) in [6.45, 7) is 0.136. The van der Waals surface area contributed by atoms with Gasteiger partial charge in [0.25, 0.3) is 0 Å². The predicted molar refractivity (Wildman–Crippen MR) is 72.2 cm³/mol. The molecule has 1 heterocycles. The Hall–Kier alpha value is -2.06. The summed E-state index contributed by atoms with van der Waals surface area (Å²) in [5.41, 5.74) is 0.675. The molecule has 0 saturated carbocycles. The molecule has 0 aliphatic carbocycles. The molecule has 0 aliphatic heterocycles. The van der Waals surface area contributed by atoms with Crippen LogP contribution in [0.3, 0.4) is 0 Å². The van der Waals surface area contributed by atoms with E-state index in [0.29, 0.717) is 17.2 Å². The Bertz CT molecular complexity index is 668. The van der Waals surface area contributed by atoms with Crippen LogP contribution in [-0.2, 0) is 16.6 Å². The molecule has 2 N–H and O–H groups in total. The molecular formula is C12H15N3O4S. The first-order valence-electron chi connectivity index (χ1n) is 5.76. The lowest BCUT2D eigenvalue weighted by molar-refractivity contribution is 0.354. The number of hydrogen-bond acceptors (Lipinski definition) is 5. The Kier molecular flexibility index (Phi) is 4.26. The van der Waals surface area contributed by atoms with Gasteiger partial charge in [-0.2, -0.15) is 0 Å². The van der Waals surface area contributed by atoms with Gasteiger partial charge in [0, 0.05) is 18.0 Å². The number of imidazole rings is 1. The Balaban J connectivity index is 2.20. The van der Waals surface area contributed by atoms with Gasteiger partial charge < -0.3 is 14.5 Å². The number of ether oxygens (including phenoxy) is 2. The van der Waals surface area contributed by atoms with Gasteiger partial charge in [-0.05, 0) is 12.1 Å². The number of benzene rings is 1.